The Morgan fingerprint density at radius 1 is 1.30 bits per heavy atom. The molecule has 2 fully saturated rings. The lowest BCUT2D eigenvalue weighted by atomic mass is 10.1. The van der Waals surface area contributed by atoms with Gasteiger partial charge in [-0.05, 0) is 39.7 Å². The van der Waals surface area contributed by atoms with Gasteiger partial charge in [-0.3, -0.25) is 4.98 Å². The number of piperidine rings is 1. The molecule has 0 aromatic carbocycles. The summed E-state index contributed by atoms with van der Waals surface area (Å²) in [5.74, 6) is 1.03. The summed E-state index contributed by atoms with van der Waals surface area (Å²) in [7, 11) is 2.18. The molecular formula is C16H25N3O. The Bertz CT molecular complexity index is 451. The van der Waals surface area contributed by atoms with Crippen molar-refractivity contribution < 1.29 is 4.74 Å². The zero-order valence-corrected chi connectivity index (χ0v) is 12.6. The van der Waals surface area contributed by atoms with Crippen LogP contribution in [0.15, 0.2) is 12.3 Å². The van der Waals surface area contributed by atoms with Crippen LogP contribution >= 0.6 is 0 Å². The molecule has 1 aromatic heterocycles. The number of pyridine rings is 1. The predicted octanol–water partition coefficient (Wildman–Crippen LogP) is 2.12. The van der Waals surface area contributed by atoms with Crippen LogP contribution in [0.5, 0.6) is 5.75 Å². The number of ether oxygens (including phenoxy) is 1. The first kappa shape index (κ1) is 13.8. The van der Waals surface area contributed by atoms with Crippen LogP contribution in [0.4, 0.5) is 0 Å². The third-order valence-electron chi connectivity index (χ3n) is 4.20. The summed E-state index contributed by atoms with van der Waals surface area (Å²) in [5.41, 5.74) is 2.23. The maximum absolute atomic E-state index is 6.26. The lowest BCUT2D eigenvalue weighted by Crippen LogP contribution is -2.35. The van der Waals surface area contributed by atoms with Crippen molar-refractivity contribution in [3.8, 4) is 5.75 Å². The molecule has 3 rings (SSSR count). The van der Waals surface area contributed by atoms with E-state index in [0.29, 0.717) is 12.1 Å². The maximum Gasteiger partial charge on any atom is 0.127 e. The molecule has 4 heteroatoms. The minimum atomic E-state index is 0.354. The lowest BCUT2D eigenvalue weighted by molar-refractivity contribution is 0.113. The molecule has 1 aliphatic carbocycles. The summed E-state index contributed by atoms with van der Waals surface area (Å²) in [6.45, 7) is 5.16. The van der Waals surface area contributed by atoms with Gasteiger partial charge in [-0.2, -0.15) is 0 Å². The van der Waals surface area contributed by atoms with Crippen molar-refractivity contribution >= 4 is 0 Å². The Hall–Kier alpha value is -1.13. The van der Waals surface area contributed by atoms with E-state index in [-0.39, 0.29) is 0 Å². The van der Waals surface area contributed by atoms with E-state index in [1.807, 2.05) is 13.1 Å². The molecule has 0 amide bonds. The molecule has 1 N–H and O–H groups in total. The first-order valence-electron chi connectivity index (χ1n) is 7.75. The first-order chi connectivity index (χ1) is 9.70. The van der Waals surface area contributed by atoms with Crippen LogP contribution in [0.25, 0.3) is 0 Å². The molecule has 1 aromatic rings. The van der Waals surface area contributed by atoms with Crippen molar-refractivity contribution in [2.45, 2.75) is 51.3 Å². The second kappa shape index (κ2) is 6.10. The van der Waals surface area contributed by atoms with Crippen LogP contribution in [-0.4, -0.2) is 42.2 Å². The van der Waals surface area contributed by atoms with Gasteiger partial charge in [-0.1, -0.05) is 0 Å². The fourth-order valence-electron chi connectivity index (χ4n) is 2.63. The number of rotatable bonds is 5. The van der Waals surface area contributed by atoms with E-state index in [9.17, 15) is 0 Å². The molecule has 2 aliphatic rings. The van der Waals surface area contributed by atoms with Crippen molar-refractivity contribution in [3.05, 3.63) is 23.5 Å². The Labute approximate surface area is 121 Å². The van der Waals surface area contributed by atoms with Crippen LogP contribution in [-0.2, 0) is 6.54 Å². The van der Waals surface area contributed by atoms with Crippen molar-refractivity contribution in [2.24, 2.45) is 0 Å². The molecule has 4 nitrogen and oxygen atoms in total. The first-order valence-corrected chi connectivity index (χ1v) is 7.75. The topological polar surface area (TPSA) is 37.4 Å². The zero-order chi connectivity index (χ0) is 13.9. The van der Waals surface area contributed by atoms with Crippen molar-refractivity contribution in [2.75, 3.05) is 20.1 Å². The monoisotopic (exact) mass is 275 g/mol. The number of nitrogens with one attached hydrogen (secondary N) is 1. The second-order valence-corrected chi connectivity index (χ2v) is 6.21. The van der Waals surface area contributed by atoms with Crippen LogP contribution in [0.1, 0.15) is 36.9 Å². The Kier molecular flexibility index (Phi) is 4.22. The van der Waals surface area contributed by atoms with E-state index in [4.69, 9.17) is 4.74 Å². The molecule has 1 saturated heterocycles. The van der Waals surface area contributed by atoms with Gasteiger partial charge in [-0.15, -0.1) is 0 Å². The molecule has 0 unspecified atom stereocenters. The van der Waals surface area contributed by atoms with Gasteiger partial charge >= 0.3 is 0 Å². The zero-order valence-electron chi connectivity index (χ0n) is 12.6. The predicted molar refractivity (Wildman–Crippen MR) is 80.0 cm³/mol. The Morgan fingerprint density at radius 2 is 2.05 bits per heavy atom. The summed E-state index contributed by atoms with van der Waals surface area (Å²) in [4.78, 5) is 6.78. The Morgan fingerprint density at radius 3 is 2.75 bits per heavy atom. The van der Waals surface area contributed by atoms with E-state index in [1.165, 1.54) is 18.4 Å². The number of aromatic nitrogens is 1. The van der Waals surface area contributed by atoms with E-state index in [2.05, 4.69) is 28.3 Å². The van der Waals surface area contributed by atoms with E-state index in [1.54, 1.807) is 0 Å². The second-order valence-electron chi connectivity index (χ2n) is 6.21. The van der Waals surface area contributed by atoms with Gasteiger partial charge in [-0.25, -0.2) is 0 Å². The van der Waals surface area contributed by atoms with Crippen molar-refractivity contribution in [1.82, 2.24) is 15.2 Å². The normalized spacial score (nSPS) is 21.1. The highest BCUT2D eigenvalue weighted by atomic mass is 16.5. The maximum atomic E-state index is 6.26. The molecule has 1 saturated carbocycles. The molecule has 0 bridgehead atoms. The summed E-state index contributed by atoms with van der Waals surface area (Å²) in [5, 5.41) is 3.55. The molecular weight excluding hydrogens is 250 g/mol. The van der Waals surface area contributed by atoms with Crippen LogP contribution in [0, 0.1) is 6.92 Å². The van der Waals surface area contributed by atoms with Gasteiger partial charge < -0.3 is 15.0 Å². The fourth-order valence-corrected chi connectivity index (χ4v) is 2.63. The van der Waals surface area contributed by atoms with Gasteiger partial charge in [0.1, 0.15) is 11.9 Å². The minimum Gasteiger partial charge on any atom is -0.490 e. The number of nitrogens with zero attached hydrogens (tertiary/aromatic N) is 2. The quantitative estimate of drug-likeness (QED) is 0.893. The number of hydrogen-bond donors (Lipinski definition) is 1. The molecule has 110 valence electrons. The molecule has 0 radical (unpaired) electrons. The number of likely N-dealkylation sites (tertiary alicyclic amines) is 1. The summed E-state index contributed by atoms with van der Waals surface area (Å²) in [6, 6.07) is 2.80. The van der Waals surface area contributed by atoms with Crippen LogP contribution < -0.4 is 10.1 Å². The SMILES string of the molecule is Cc1cc(OC2CCN(C)CC2)c(CNC2CC2)cn1. The third-order valence-corrected chi connectivity index (χ3v) is 4.20. The fraction of sp³-hybridized carbons (Fsp3) is 0.688. The smallest absolute Gasteiger partial charge is 0.127 e. The molecule has 0 spiro atoms. The van der Waals surface area contributed by atoms with Crippen LogP contribution in [0.3, 0.4) is 0 Å². The number of hydrogen-bond acceptors (Lipinski definition) is 4. The summed E-state index contributed by atoms with van der Waals surface area (Å²) < 4.78 is 6.26. The van der Waals surface area contributed by atoms with Gasteiger partial charge in [0.15, 0.2) is 0 Å². The molecule has 1 aliphatic heterocycles. The highest BCUT2D eigenvalue weighted by Gasteiger charge is 2.22. The van der Waals surface area contributed by atoms with Gasteiger partial charge in [0.05, 0.1) is 0 Å². The van der Waals surface area contributed by atoms with E-state index >= 15 is 0 Å². The molecule has 0 atom stereocenters. The minimum absolute atomic E-state index is 0.354. The van der Waals surface area contributed by atoms with Gasteiger partial charge in [0.2, 0.25) is 0 Å². The third kappa shape index (κ3) is 3.70. The highest BCUT2D eigenvalue weighted by Crippen LogP contribution is 2.25. The highest BCUT2D eigenvalue weighted by molar-refractivity contribution is 5.33. The lowest BCUT2D eigenvalue weighted by Gasteiger charge is -2.30. The Balaban J connectivity index is 1.64. The number of aryl methyl sites for hydroxylation is 1. The average Bonchev–Trinajstić information content (AvgIpc) is 3.25. The average molecular weight is 275 g/mol. The molecule has 2 heterocycles. The van der Waals surface area contributed by atoms with Crippen molar-refractivity contribution in [1.29, 1.82) is 0 Å². The van der Waals surface area contributed by atoms with Gasteiger partial charge in [0.25, 0.3) is 0 Å². The van der Waals surface area contributed by atoms with E-state index < -0.39 is 0 Å². The molecule has 20 heavy (non-hydrogen) atoms. The summed E-state index contributed by atoms with van der Waals surface area (Å²) >= 11 is 0. The summed E-state index contributed by atoms with van der Waals surface area (Å²) in [6.07, 6.45) is 7.18. The van der Waals surface area contributed by atoms with E-state index in [0.717, 1.165) is 43.9 Å². The largest absolute Gasteiger partial charge is 0.490 e. The van der Waals surface area contributed by atoms with Crippen LogP contribution in [0.2, 0.25) is 0 Å². The van der Waals surface area contributed by atoms with Gasteiger partial charge in [0, 0.05) is 49.2 Å². The van der Waals surface area contributed by atoms with Crippen molar-refractivity contribution in [3.63, 3.8) is 0 Å². The standard InChI is InChI=1S/C16H25N3O/c1-12-9-16(20-15-5-7-19(2)8-6-15)13(10-17-12)11-18-14-3-4-14/h9-10,14-15,18H,3-8,11H2,1-2H3.